The van der Waals surface area contributed by atoms with Gasteiger partial charge in [0.25, 0.3) is 0 Å². The van der Waals surface area contributed by atoms with Crippen LogP contribution < -0.4 is 15.2 Å². The van der Waals surface area contributed by atoms with Gasteiger partial charge in [0.2, 0.25) is 0 Å². The molecule has 0 saturated carbocycles. The van der Waals surface area contributed by atoms with Crippen LogP contribution >= 0.6 is 0 Å². The second-order valence-electron chi connectivity index (χ2n) is 3.90. The minimum absolute atomic E-state index is 0.110. The molecule has 0 aromatic heterocycles. The third-order valence-corrected chi connectivity index (χ3v) is 2.82. The summed E-state index contributed by atoms with van der Waals surface area (Å²) in [5.74, 6) is 1.02. The highest BCUT2D eigenvalue weighted by molar-refractivity contribution is 5.70. The van der Waals surface area contributed by atoms with Gasteiger partial charge in [-0.2, -0.15) is 0 Å². The standard InChI is InChI=1S/C13H19NO4/c1-8-11(16-2)6-5-9(13(8)18-4)10(14)7-12(15)17-3/h5-6,10H,7,14H2,1-4H3. The van der Waals surface area contributed by atoms with Crippen molar-refractivity contribution in [3.63, 3.8) is 0 Å². The maximum atomic E-state index is 11.2. The minimum atomic E-state index is -0.461. The molecule has 5 heteroatoms. The van der Waals surface area contributed by atoms with Crippen molar-refractivity contribution in [1.29, 1.82) is 0 Å². The number of benzene rings is 1. The van der Waals surface area contributed by atoms with E-state index in [0.717, 1.165) is 16.9 Å². The van der Waals surface area contributed by atoms with Gasteiger partial charge in [0, 0.05) is 17.2 Å². The van der Waals surface area contributed by atoms with Crippen LogP contribution in [0.2, 0.25) is 0 Å². The molecule has 0 aliphatic heterocycles. The third-order valence-electron chi connectivity index (χ3n) is 2.82. The van der Waals surface area contributed by atoms with Crippen LogP contribution in [0.3, 0.4) is 0 Å². The van der Waals surface area contributed by atoms with Crippen molar-refractivity contribution < 1.29 is 19.0 Å². The Balaban J connectivity index is 3.08. The molecule has 1 atom stereocenters. The van der Waals surface area contributed by atoms with Crippen molar-refractivity contribution in [2.75, 3.05) is 21.3 Å². The maximum Gasteiger partial charge on any atom is 0.307 e. The molecular formula is C13H19NO4. The van der Waals surface area contributed by atoms with E-state index >= 15 is 0 Å². The zero-order valence-corrected chi connectivity index (χ0v) is 11.1. The predicted molar refractivity (Wildman–Crippen MR) is 67.8 cm³/mol. The molecule has 0 aliphatic carbocycles. The number of methoxy groups -OCH3 is 3. The summed E-state index contributed by atoms with van der Waals surface area (Å²) in [7, 11) is 4.50. The number of hydrogen-bond acceptors (Lipinski definition) is 5. The molecule has 0 heterocycles. The Hall–Kier alpha value is -1.75. The molecule has 0 bridgehead atoms. The van der Waals surface area contributed by atoms with E-state index in [9.17, 15) is 4.79 Å². The maximum absolute atomic E-state index is 11.2. The van der Waals surface area contributed by atoms with E-state index in [0.29, 0.717) is 5.75 Å². The minimum Gasteiger partial charge on any atom is -0.496 e. The summed E-state index contributed by atoms with van der Waals surface area (Å²) in [6.45, 7) is 1.88. The monoisotopic (exact) mass is 253 g/mol. The molecule has 1 aromatic carbocycles. The second-order valence-corrected chi connectivity index (χ2v) is 3.90. The third kappa shape index (κ3) is 2.92. The Kier molecular flexibility index (Phi) is 4.97. The molecule has 0 spiro atoms. The first kappa shape index (κ1) is 14.3. The fourth-order valence-electron chi connectivity index (χ4n) is 1.85. The van der Waals surface area contributed by atoms with Gasteiger partial charge in [0.05, 0.1) is 27.8 Å². The molecule has 1 unspecified atom stereocenters. The van der Waals surface area contributed by atoms with Gasteiger partial charge in [0.1, 0.15) is 11.5 Å². The van der Waals surface area contributed by atoms with Crippen LogP contribution in [0.4, 0.5) is 0 Å². The van der Waals surface area contributed by atoms with Gasteiger partial charge in [-0.3, -0.25) is 4.79 Å². The largest absolute Gasteiger partial charge is 0.496 e. The van der Waals surface area contributed by atoms with Crippen LogP contribution in [0, 0.1) is 6.92 Å². The van der Waals surface area contributed by atoms with Gasteiger partial charge < -0.3 is 19.9 Å². The van der Waals surface area contributed by atoms with Gasteiger partial charge in [-0.25, -0.2) is 0 Å². The SMILES string of the molecule is COC(=O)CC(N)c1ccc(OC)c(C)c1OC. The van der Waals surface area contributed by atoms with E-state index in [1.807, 2.05) is 13.0 Å². The molecule has 5 nitrogen and oxygen atoms in total. The van der Waals surface area contributed by atoms with E-state index in [4.69, 9.17) is 15.2 Å². The van der Waals surface area contributed by atoms with Crippen LogP contribution in [0.25, 0.3) is 0 Å². The highest BCUT2D eigenvalue weighted by Crippen LogP contribution is 2.34. The summed E-state index contributed by atoms with van der Waals surface area (Å²) in [6, 6.07) is 3.15. The predicted octanol–water partition coefficient (Wildman–Crippen LogP) is 1.58. The number of rotatable bonds is 5. The normalized spacial score (nSPS) is 11.8. The highest BCUT2D eigenvalue weighted by atomic mass is 16.5. The summed E-state index contributed by atoms with van der Waals surface area (Å²) >= 11 is 0. The zero-order chi connectivity index (χ0) is 13.7. The van der Waals surface area contributed by atoms with Crippen LogP contribution in [-0.4, -0.2) is 27.3 Å². The number of nitrogens with two attached hydrogens (primary N) is 1. The average molecular weight is 253 g/mol. The van der Waals surface area contributed by atoms with Gasteiger partial charge in [-0.1, -0.05) is 6.07 Å². The number of carbonyl (C=O) groups excluding carboxylic acids is 1. The molecule has 0 fully saturated rings. The molecular weight excluding hydrogens is 234 g/mol. The summed E-state index contributed by atoms with van der Waals surface area (Å²) in [6.07, 6.45) is 0.110. The van der Waals surface area contributed by atoms with Crippen molar-refractivity contribution >= 4 is 5.97 Å². The van der Waals surface area contributed by atoms with Crippen molar-refractivity contribution in [1.82, 2.24) is 0 Å². The lowest BCUT2D eigenvalue weighted by Crippen LogP contribution is -2.17. The lowest BCUT2D eigenvalue weighted by molar-refractivity contribution is -0.141. The van der Waals surface area contributed by atoms with Crippen LogP contribution in [0.1, 0.15) is 23.6 Å². The van der Waals surface area contributed by atoms with Crippen molar-refractivity contribution in [2.45, 2.75) is 19.4 Å². The first-order chi connectivity index (χ1) is 8.54. The Morgan fingerprint density at radius 2 is 1.94 bits per heavy atom. The number of esters is 1. The smallest absolute Gasteiger partial charge is 0.307 e. The molecule has 0 saturated heterocycles. The zero-order valence-electron chi connectivity index (χ0n) is 11.1. The van der Waals surface area contributed by atoms with Crippen LogP contribution in [0.15, 0.2) is 12.1 Å². The van der Waals surface area contributed by atoms with E-state index < -0.39 is 6.04 Å². The van der Waals surface area contributed by atoms with Crippen molar-refractivity contribution in [3.8, 4) is 11.5 Å². The Morgan fingerprint density at radius 1 is 1.28 bits per heavy atom. The first-order valence-electron chi connectivity index (χ1n) is 5.59. The molecule has 2 N–H and O–H groups in total. The number of carbonyl (C=O) groups is 1. The van der Waals surface area contributed by atoms with E-state index in [-0.39, 0.29) is 12.4 Å². The molecule has 0 amide bonds. The molecule has 1 aromatic rings. The molecule has 0 radical (unpaired) electrons. The van der Waals surface area contributed by atoms with Gasteiger partial charge in [0.15, 0.2) is 0 Å². The molecule has 1 rings (SSSR count). The fourth-order valence-corrected chi connectivity index (χ4v) is 1.85. The second kappa shape index (κ2) is 6.26. The van der Waals surface area contributed by atoms with Crippen molar-refractivity contribution in [3.05, 3.63) is 23.3 Å². The van der Waals surface area contributed by atoms with Gasteiger partial charge in [-0.05, 0) is 13.0 Å². The summed E-state index contributed by atoms with van der Waals surface area (Å²) in [5.41, 5.74) is 7.61. The van der Waals surface area contributed by atoms with Crippen LogP contribution in [-0.2, 0) is 9.53 Å². The molecule has 100 valence electrons. The lowest BCUT2D eigenvalue weighted by atomic mass is 10.00. The Morgan fingerprint density at radius 3 is 2.44 bits per heavy atom. The molecule has 0 aliphatic rings. The van der Waals surface area contributed by atoms with E-state index in [2.05, 4.69) is 4.74 Å². The number of hydrogen-bond donors (Lipinski definition) is 1. The average Bonchev–Trinajstić information content (AvgIpc) is 2.37. The fraction of sp³-hybridized carbons (Fsp3) is 0.462. The van der Waals surface area contributed by atoms with Crippen LogP contribution in [0.5, 0.6) is 11.5 Å². The molecule has 18 heavy (non-hydrogen) atoms. The summed E-state index contributed by atoms with van der Waals surface area (Å²) in [5, 5.41) is 0. The Labute approximate surface area is 107 Å². The Bertz CT molecular complexity index is 431. The summed E-state index contributed by atoms with van der Waals surface area (Å²) in [4.78, 5) is 11.2. The number of ether oxygens (including phenoxy) is 3. The lowest BCUT2D eigenvalue weighted by Gasteiger charge is -2.18. The van der Waals surface area contributed by atoms with E-state index in [1.54, 1.807) is 20.3 Å². The van der Waals surface area contributed by atoms with Crippen molar-refractivity contribution in [2.24, 2.45) is 5.73 Å². The van der Waals surface area contributed by atoms with Gasteiger partial charge >= 0.3 is 5.97 Å². The summed E-state index contributed by atoms with van der Waals surface area (Å²) < 4.78 is 15.2. The topological polar surface area (TPSA) is 70.8 Å². The van der Waals surface area contributed by atoms with E-state index in [1.165, 1.54) is 7.11 Å². The van der Waals surface area contributed by atoms with Gasteiger partial charge in [-0.15, -0.1) is 0 Å². The highest BCUT2D eigenvalue weighted by Gasteiger charge is 2.19. The quantitative estimate of drug-likeness (QED) is 0.807. The first-order valence-corrected chi connectivity index (χ1v) is 5.59.